The maximum absolute atomic E-state index is 12.5. The summed E-state index contributed by atoms with van der Waals surface area (Å²) in [6.07, 6.45) is 1.89. The van der Waals surface area contributed by atoms with Crippen LogP contribution in [0.2, 0.25) is 0 Å². The highest BCUT2D eigenvalue weighted by Gasteiger charge is 2.36. The fourth-order valence-electron chi connectivity index (χ4n) is 4.06. The highest BCUT2D eigenvalue weighted by Crippen LogP contribution is 2.37. The smallest absolute Gasteiger partial charge is 0.251 e. The lowest BCUT2D eigenvalue weighted by atomic mass is 9.87. The van der Waals surface area contributed by atoms with Gasteiger partial charge in [-0.2, -0.15) is 0 Å². The van der Waals surface area contributed by atoms with E-state index in [1.165, 1.54) is 5.56 Å². The lowest BCUT2D eigenvalue weighted by molar-refractivity contribution is -0.117. The third-order valence-electron chi connectivity index (χ3n) is 5.76. The fourth-order valence-corrected chi connectivity index (χ4v) is 4.06. The van der Waals surface area contributed by atoms with Gasteiger partial charge >= 0.3 is 0 Å². The molecule has 2 aliphatic heterocycles. The number of ether oxygens (including phenoxy) is 1. The number of carbonyl (C=O) groups excluding carboxylic acids is 2. The molecule has 0 unspecified atom stereocenters. The normalized spacial score (nSPS) is 17.8. The monoisotopic (exact) mass is 407 g/mol. The van der Waals surface area contributed by atoms with Gasteiger partial charge in [0.25, 0.3) is 5.91 Å². The Morgan fingerprint density at radius 2 is 1.97 bits per heavy atom. The molecular weight excluding hydrogens is 378 g/mol. The molecule has 0 aliphatic carbocycles. The Balaban J connectivity index is 1.31. The SMILES string of the molecule is CC(C)(C)c1ccc(OCCNC(=O)c2ccc3c(c2)NC(=O)[C@@H]2CCCN32)cc1. The molecule has 0 radical (unpaired) electrons. The number of carbonyl (C=O) groups is 2. The first kappa shape index (κ1) is 20.3. The van der Waals surface area contributed by atoms with Gasteiger partial charge < -0.3 is 20.3 Å². The summed E-state index contributed by atoms with van der Waals surface area (Å²) >= 11 is 0. The second-order valence-electron chi connectivity index (χ2n) is 8.95. The van der Waals surface area contributed by atoms with Crippen molar-refractivity contribution >= 4 is 23.2 Å². The Morgan fingerprint density at radius 3 is 2.70 bits per heavy atom. The maximum atomic E-state index is 12.5. The van der Waals surface area contributed by atoms with Crippen molar-refractivity contribution in [3.8, 4) is 5.75 Å². The molecule has 2 aromatic rings. The summed E-state index contributed by atoms with van der Waals surface area (Å²) in [5.74, 6) is 0.625. The molecule has 6 nitrogen and oxygen atoms in total. The maximum Gasteiger partial charge on any atom is 0.251 e. The zero-order valence-corrected chi connectivity index (χ0v) is 17.8. The second kappa shape index (κ2) is 8.01. The molecule has 1 atom stereocenters. The summed E-state index contributed by atoms with van der Waals surface area (Å²) in [5.41, 5.74) is 3.59. The number of fused-ring (bicyclic) bond motifs is 3. The van der Waals surface area contributed by atoms with Crippen LogP contribution >= 0.6 is 0 Å². The molecule has 2 N–H and O–H groups in total. The van der Waals surface area contributed by atoms with E-state index in [4.69, 9.17) is 4.74 Å². The molecule has 0 aromatic heterocycles. The topological polar surface area (TPSA) is 70.7 Å². The lowest BCUT2D eigenvalue weighted by Gasteiger charge is -2.33. The van der Waals surface area contributed by atoms with E-state index in [9.17, 15) is 9.59 Å². The predicted molar refractivity (Wildman–Crippen MR) is 118 cm³/mol. The molecule has 2 aromatic carbocycles. The zero-order chi connectivity index (χ0) is 21.3. The Bertz CT molecular complexity index is 947. The van der Waals surface area contributed by atoms with Crippen LogP contribution < -0.4 is 20.3 Å². The molecule has 30 heavy (non-hydrogen) atoms. The summed E-state index contributed by atoms with van der Waals surface area (Å²) in [4.78, 5) is 26.9. The molecule has 2 aliphatic rings. The van der Waals surface area contributed by atoms with Crippen molar-refractivity contribution in [2.45, 2.75) is 45.1 Å². The summed E-state index contributed by atoms with van der Waals surface area (Å²) in [5, 5.41) is 5.82. The Morgan fingerprint density at radius 1 is 1.20 bits per heavy atom. The molecule has 6 heteroatoms. The van der Waals surface area contributed by atoms with Gasteiger partial charge in [0.1, 0.15) is 18.4 Å². The van der Waals surface area contributed by atoms with Crippen molar-refractivity contribution in [1.82, 2.24) is 5.32 Å². The van der Waals surface area contributed by atoms with E-state index in [1.807, 2.05) is 24.3 Å². The fraction of sp³-hybridized carbons (Fsp3) is 0.417. The van der Waals surface area contributed by atoms with Crippen LogP contribution in [-0.2, 0) is 10.2 Å². The lowest BCUT2D eigenvalue weighted by Crippen LogP contribution is -2.44. The van der Waals surface area contributed by atoms with Crippen LogP contribution in [0.4, 0.5) is 11.4 Å². The van der Waals surface area contributed by atoms with Gasteiger partial charge in [-0.25, -0.2) is 0 Å². The van der Waals surface area contributed by atoms with Crippen molar-refractivity contribution in [2.75, 3.05) is 29.9 Å². The summed E-state index contributed by atoms with van der Waals surface area (Å²) < 4.78 is 5.73. The molecule has 0 spiro atoms. The van der Waals surface area contributed by atoms with E-state index in [1.54, 1.807) is 6.07 Å². The Hall–Kier alpha value is -3.02. The van der Waals surface area contributed by atoms with Gasteiger partial charge in [0, 0.05) is 12.1 Å². The number of hydrogen-bond acceptors (Lipinski definition) is 4. The zero-order valence-electron chi connectivity index (χ0n) is 17.8. The van der Waals surface area contributed by atoms with E-state index in [-0.39, 0.29) is 23.3 Å². The minimum absolute atomic E-state index is 0.0171. The minimum atomic E-state index is -0.178. The molecular formula is C24H29N3O3. The number of benzene rings is 2. The van der Waals surface area contributed by atoms with E-state index in [0.29, 0.717) is 24.4 Å². The number of rotatable bonds is 5. The third-order valence-corrected chi connectivity index (χ3v) is 5.76. The van der Waals surface area contributed by atoms with Gasteiger partial charge in [-0.3, -0.25) is 9.59 Å². The first-order chi connectivity index (χ1) is 14.3. The summed E-state index contributed by atoms with van der Waals surface area (Å²) in [6, 6.07) is 13.5. The van der Waals surface area contributed by atoms with Crippen LogP contribution in [-0.4, -0.2) is 37.6 Å². The van der Waals surface area contributed by atoms with Gasteiger partial charge in [-0.05, 0) is 54.2 Å². The van der Waals surface area contributed by atoms with Gasteiger partial charge in [-0.15, -0.1) is 0 Å². The van der Waals surface area contributed by atoms with E-state index >= 15 is 0 Å². The number of nitrogens with one attached hydrogen (secondary N) is 2. The highest BCUT2D eigenvalue weighted by molar-refractivity contribution is 6.06. The second-order valence-corrected chi connectivity index (χ2v) is 8.95. The minimum Gasteiger partial charge on any atom is -0.492 e. The van der Waals surface area contributed by atoms with Gasteiger partial charge in [0.05, 0.1) is 17.9 Å². The average Bonchev–Trinajstić information content (AvgIpc) is 3.21. The molecule has 1 fully saturated rings. The van der Waals surface area contributed by atoms with Crippen LogP contribution in [0.3, 0.4) is 0 Å². The largest absolute Gasteiger partial charge is 0.492 e. The third kappa shape index (κ3) is 4.13. The Labute approximate surface area is 177 Å². The molecule has 2 heterocycles. The van der Waals surface area contributed by atoms with Crippen molar-refractivity contribution in [2.24, 2.45) is 0 Å². The molecule has 2 amide bonds. The van der Waals surface area contributed by atoms with Crippen LogP contribution in [0.15, 0.2) is 42.5 Å². The highest BCUT2D eigenvalue weighted by atomic mass is 16.5. The van der Waals surface area contributed by atoms with E-state index in [2.05, 4.69) is 48.4 Å². The van der Waals surface area contributed by atoms with Crippen LogP contribution in [0.5, 0.6) is 5.75 Å². The molecule has 0 saturated carbocycles. The standard InChI is InChI=1S/C24H29N3O3/c1-24(2,3)17-7-9-18(10-8-17)30-14-12-25-22(28)16-6-11-20-19(15-16)26-23(29)21-5-4-13-27(20)21/h6-11,15,21H,4-5,12-14H2,1-3H3,(H,25,28)(H,26,29)/t21-/m0/s1. The van der Waals surface area contributed by atoms with Crippen molar-refractivity contribution < 1.29 is 14.3 Å². The van der Waals surface area contributed by atoms with Crippen LogP contribution in [0, 0.1) is 0 Å². The number of hydrogen-bond donors (Lipinski definition) is 2. The van der Waals surface area contributed by atoms with Gasteiger partial charge in [0.15, 0.2) is 0 Å². The number of amides is 2. The van der Waals surface area contributed by atoms with E-state index in [0.717, 1.165) is 30.8 Å². The molecule has 1 saturated heterocycles. The van der Waals surface area contributed by atoms with E-state index < -0.39 is 0 Å². The van der Waals surface area contributed by atoms with Crippen LogP contribution in [0.1, 0.15) is 49.5 Å². The van der Waals surface area contributed by atoms with Crippen molar-refractivity contribution in [3.63, 3.8) is 0 Å². The predicted octanol–water partition coefficient (Wildman–Crippen LogP) is 3.71. The molecule has 158 valence electrons. The molecule has 0 bridgehead atoms. The number of anilines is 2. The van der Waals surface area contributed by atoms with Crippen molar-refractivity contribution in [1.29, 1.82) is 0 Å². The van der Waals surface area contributed by atoms with Gasteiger partial charge in [0.2, 0.25) is 5.91 Å². The first-order valence-corrected chi connectivity index (χ1v) is 10.6. The van der Waals surface area contributed by atoms with Crippen LogP contribution in [0.25, 0.3) is 0 Å². The van der Waals surface area contributed by atoms with Gasteiger partial charge in [-0.1, -0.05) is 32.9 Å². The molecule has 4 rings (SSSR count). The Kier molecular flexibility index (Phi) is 5.41. The number of nitrogens with zero attached hydrogens (tertiary/aromatic N) is 1. The summed E-state index contributed by atoms with van der Waals surface area (Å²) in [7, 11) is 0. The quantitative estimate of drug-likeness (QED) is 0.742. The first-order valence-electron chi connectivity index (χ1n) is 10.6. The summed E-state index contributed by atoms with van der Waals surface area (Å²) in [6.45, 7) is 8.19. The average molecular weight is 408 g/mol. The van der Waals surface area contributed by atoms with Crippen molar-refractivity contribution in [3.05, 3.63) is 53.6 Å².